The minimum Gasteiger partial charge on any atom is -0.193 e. The first-order valence-electron chi connectivity index (χ1n) is 2.85. The van der Waals surface area contributed by atoms with E-state index in [4.69, 9.17) is 16.9 Å². The minimum absolute atomic E-state index is 0.132. The number of allylic oxidation sites excluding steroid dienone is 1. The van der Waals surface area contributed by atoms with E-state index in [0.29, 0.717) is 8.61 Å². The first-order chi connectivity index (χ1) is 4.39. The van der Waals surface area contributed by atoms with Crippen molar-refractivity contribution in [1.29, 1.82) is 5.26 Å². The van der Waals surface area contributed by atoms with Crippen LogP contribution in [0.4, 0.5) is 0 Å². The molecule has 0 saturated carbocycles. The van der Waals surface area contributed by atoms with Gasteiger partial charge in [0.2, 0.25) is 0 Å². The average molecular weight is 270 g/mol. The van der Waals surface area contributed by atoms with Crippen molar-refractivity contribution < 1.29 is 0 Å². The van der Waals surface area contributed by atoms with Crippen LogP contribution in [0.25, 0.3) is 0 Å². The van der Waals surface area contributed by atoms with Crippen molar-refractivity contribution in [1.82, 2.24) is 0 Å². The Hall–Kier alpha value is 0.250. The second-order valence-corrected chi connectivity index (χ2v) is 5.09. The lowest BCUT2D eigenvalue weighted by Crippen LogP contribution is -2.07. The molecule has 0 radical (unpaired) electrons. The molecular formula is C7H9ClIN. The third-order valence-corrected chi connectivity index (χ3v) is 1.78. The number of nitriles is 1. The highest BCUT2D eigenvalue weighted by Crippen LogP contribution is 2.31. The van der Waals surface area contributed by atoms with Crippen molar-refractivity contribution in [2.24, 2.45) is 5.41 Å². The minimum atomic E-state index is -0.132. The second-order valence-electron chi connectivity index (χ2n) is 3.00. The van der Waals surface area contributed by atoms with E-state index in [2.05, 4.69) is 6.07 Å². The van der Waals surface area contributed by atoms with E-state index < -0.39 is 0 Å². The molecule has 0 rings (SSSR count). The fourth-order valence-electron chi connectivity index (χ4n) is 0.493. The molecule has 0 aromatic heterocycles. The van der Waals surface area contributed by atoms with Gasteiger partial charge in [0.05, 0.1) is 14.7 Å². The third-order valence-electron chi connectivity index (χ3n) is 1.05. The number of nitrogens with zero attached hydrogens (tertiary/aromatic N) is 1. The fraction of sp³-hybridized carbons (Fsp3) is 0.571. The number of halogens is 2. The van der Waals surface area contributed by atoms with Crippen LogP contribution in [0.3, 0.4) is 0 Å². The van der Waals surface area contributed by atoms with Gasteiger partial charge in [-0.15, -0.1) is 0 Å². The molecular weight excluding hydrogens is 260 g/mol. The van der Waals surface area contributed by atoms with Crippen LogP contribution in [-0.4, -0.2) is 0 Å². The van der Waals surface area contributed by atoms with Crippen LogP contribution in [0.2, 0.25) is 0 Å². The van der Waals surface area contributed by atoms with E-state index in [1.54, 1.807) is 0 Å². The third kappa shape index (κ3) is 2.89. The SMILES string of the molecule is CC(C)(C)/C(C#N)=C(/Cl)I. The molecule has 0 heterocycles. The molecule has 0 bridgehead atoms. The van der Waals surface area contributed by atoms with Gasteiger partial charge in [0.25, 0.3) is 0 Å². The van der Waals surface area contributed by atoms with Gasteiger partial charge in [-0.2, -0.15) is 5.26 Å². The molecule has 3 heteroatoms. The van der Waals surface area contributed by atoms with Crippen LogP contribution in [0.5, 0.6) is 0 Å². The smallest absolute Gasteiger partial charge is 0.0973 e. The van der Waals surface area contributed by atoms with Crippen molar-refractivity contribution in [3.63, 3.8) is 0 Å². The molecule has 0 atom stereocenters. The zero-order valence-corrected chi connectivity index (χ0v) is 9.12. The molecule has 0 aliphatic heterocycles. The molecule has 0 unspecified atom stereocenters. The molecule has 0 aromatic carbocycles. The fourth-order valence-corrected chi connectivity index (χ4v) is 1.75. The Balaban J connectivity index is 4.78. The first kappa shape index (κ1) is 10.2. The largest absolute Gasteiger partial charge is 0.193 e. The van der Waals surface area contributed by atoms with Gasteiger partial charge < -0.3 is 0 Å². The summed E-state index contributed by atoms with van der Waals surface area (Å²) >= 11 is 7.62. The molecule has 0 spiro atoms. The Morgan fingerprint density at radius 2 is 1.90 bits per heavy atom. The van der Waals surface area contributed by atoms with Gasteiger partial charge in [-0.3, -0.25) is 0 Å². The molecule has 0 amide bonds. The second kappa shape index (κ2) is 3.59. The summed E-state index contributed by atoms with van der Waals surface area (Å²) in [6, 6.07) is 2.08. The van der Waals surface area contributed by atoms with Gasteiger partial charge in [0.15, 0.2) is 0 Å². The predicted octanol–water partition coefficient (Wildman–Crippen LogP) is 3.44. The monoisotopic (exact) mass is 269 g/mol. The summed E-state index contributed by atoms with van der Waals surface area (Å²) in [4.78, 5) is 0. The highest BCUT2D eigenvalue weighted by atomic mass is 127. The summed E-state index contributed by atoms with van der Waals surface area (Å²) in [5, 5.41) is 8.63. The lowest BCUT2D eigenvalue weighted by Gasteiger charge is -2.16. The summed E-state index contributed by atoms with van der Waals surface area (Å²) in [7, 11) is 0. The Kier molecular flexibility index (Phi) is 3.68. The molecule has 10 heavy (non-hydrogen) atoms. The molecule has 0 fully saturated rings. The number of rotatable bonds is 0. The lowest BCUT2D eigenvalue weighted by molar-refractivity contribution is 0.520. The molecule has 0 N–H and O–H groups in total. The zero-order chi connectivity index (χ0) is 8.36. The van der Waals surface area contributed by atoms with Crippen LogP contribution < -0.4 is 0 Å². The Morgan fingerprint density at radius 1 is 1.50 bits per heavy atom. The van der Waals surface area contributed by atoms with Crippen LogP contribution in [0.1, 0.15) is 20.8 Å². The van der Waals surface area contributed by atoms with E-state index in [0.717, 1.165) is 0 Å². The lowest BCUT2D eigenvalue weighted by atomic mass is 9.89. The Bertz CT molecular complexity index is 191. The van der Waals surface area contributed by atoms with Gasteiger partial charge in [-0.1, -0.05) is 32.4 Å². The maximum absolute atomic E-state index is 8.63. The molecule has 56 valence electrons. The Morgan fingerprint density at radius 3 is 1.90 bits per heavy atom. The molecule has 0 saturated heterocycles. The van der Waals surface area contributed by atoms with Crippen molar-refractivity contribution >= 4 is 34.2 Å². The van der Waals surface area contributed by atoms with Gasteiger partial charge in [0.1, 0.15) is 0 Å². The zero-order valence-electron chi connectivity index (χ0n) is 6.20. The van der Waals surface area contributed by atoms with E-state index in [1.807, 2.05) is 43.4 Å². The summed E-state index contributed by atoms with van der Waals surface area (Å²) < 4.78 is 0.563. The van der Waals surface area contributed by atoms with Gasteiger partial charge in [-0.25, -0.2) is 0 Å². The van der Waals surface area contributed by atoms with E-state index >= 15 is 0 Å². The van der Waals surface area contributed by atoms with Crippen LogP contribution >= 0.6 is 34.2 Å². The van der Waals surface area contributed by atoms with Crippen molar-refractivity contribution in [3.8, 4) is 6.07 Å². The van der Waals surface area contributed by atoms with Gasteiger partial charge >= 0.3 is 0 Å². The summed E-state index contributed by atoms with van der Waals surface area (Å²) in [6.07, 6.45) is 0. The van der Waals surface area contributed by atoms with Gasteiger partial charge in [-0.05, 0) is 28.0 Å². The highest BCUT2D eigenvalue weighted by Gasteiger charge is 2.19. The number of hydrogen-bond donors (Lipinski definition) is 0. The maximum atomic E-state index is 8.63. The summed E-state index contributed by atoms with van der Waals surface area (Å²) in [5.74, 6) is 0. The van der Waals surface area contributed by atoms with Crippen LogP contribution in [-0.2, 0) is 0 Å². The van der Waals surface area contributed by atoms with Crippen molar-refractivity contribution in [3.05, 3.63) is 8.61 Å². The normalized spacial score (nSPS) is 14.0. The highest BCUT2D eigenvalue weighted by molar-refractivity contribution is 14.1. The average Bonchev–Trinajstić information content (AvgIpc) is 1.60. The van der Waals surface area contributed by atoms with Crippen molar-refractivity contribution in [2.45, 2.75) is 20.8 Å². The van der Waals surface area contributed by atoms with Crippen molar-refractivity contribution in [2.75, 3.05) is 0 Å². The van der Waals surface area contributed by atoms with E-state index in [1.165, 1.54) is 0 Å². The molecule has 0 aliphatic rings. The molecule has 1 nitrogen and oxygen atoms in total. The molecule has 0 aliphatic carbocycles. The van der Waals surface area contributed by atoms with Crippen LogP contribution in [0, 0.1) is 16.7 Å². The predicted molar refractivity (Wildman–Crippen MR) is 52.0 cm³/mol. The van der Waals surface area contributed by atoms with Gasteiger partial charge in [0, 0.05) is 0 Å². The number of hydrogen-bond acceptors (Lipinski definition) is 1. The molecule has 0 aromatic rings. The maximum Gasteiger partial charge on any atom is 0.0973 e. The van der Waals surface area contributed by atoms with Crippen LogP contribution in [0.15, 0.2) is 8.61 Å². The first-order valence-corrected chi connectivity index (χ1v) is 4.31. The van der Waals surface area contributed by atoms with E-state index in [-0.39, 0.29) is 5.41 Å². The topological polar surface area (TPSA) is 23.8 Å². The summed E-state index contributed by atoms with van der Waals surface area (Å²) in [5.41, 5.74) is 0.516. The van der Waals surface area contributed by atoms with E-state index in [9.17, 15) is 0 Å². The standard InChI is InChI=1S/C7H9ClIN/c1-7(2,3)5(4-10)6(8)9/h1-3H3/b6-5-. The summed E-state index contributed by atoms with van der Waals surface area (Å²) in [6.45, 7) is 5.89. The Labute approximate surface area is 80.2 Å². The quantitative estimate of drug-likeness (QED) is 0.488.